The molecule has 4 rings (SSSR count). The monoisotopic (exact) mass is 425 g/mol. The lowest BCUT2D eigenvalue weighted by Gasteiger charge is -2.21. The van der Waals surface area contributed by atoms with E-state index in [0.717, 1.165) is 29.8 Å². The van der Waals surface area contributed by atoms with Crippen LogP contribution in [0.5, 0.6) is 0 Å². The molecule has 0 aliphatic carbocycles. The van der Waals surface area contributed by atoms with Crippen molar-refractivity contribution in [3.63, 3.8) is 0 Å². The molecule has 0 saturated carbocycles. The van der Waals surface area contributed by atoms with E-state index in [2.05, 4.69) is 47.1 Å². The van der Waals surface area contributed by atoms with E-state index in [0.29, 0.717) is 12.0 Å². The second-order valence-corrected chi connectivity index (χ2v) is 8.25. The lowest BCUT2D eigenvalue weighted by Crippen LogP contribution is -2.32. The number of fused-ring (bicyclic) bond motifs is 1. The Balaban J connectivity index is 1.69. The zero-order valence-electron chi connectivity index (χ0n) is 18.7. The Kier molecular flexibility index (Phi) is 7.34. The van der Waals surface area contributed by atoms with Gasteiger partial charge in [-0.3, -0.25) is 4.79 Å². The van der Waals surface area contributed by atoms with Gasteiger partial charge in [0, 0.05) is 12.1 Å². The molecule has 0 saturated heterocycles. The molecule has 4 aromatic rings. The number of hydrogen-bond donors (Lipinski definition) is 1. The summed E-state index contributed by atoms with van der Waals surface area (Å²) >= 11 is 0. The number of benzene rings is 3. The fraction of sp³-hybridized carbons (Fsp3) is 0.286. The van der Waals surface area contributed by atoms with Gasteiger partial charge in [-0.15, -0.1) is 0 Å². The first-order valence-corrected chi connectivity index (χ1v) is 11.6. The molecule has 0 spiro atoms. The van der Waals surface area contributed by atoms with E-state index in [4.69, 9.17) is 4.98 Å². The van der Waals surface area contributed by atoms with Gasteiger partial charge in [-0.05, 0) is 42.7 Å². The summed E-state index contributed by atoms with van der Waals surface area (Å²) in [6.07, 6.45) is 5.44. The van der Waals surface area contributed by atoms with Gasteiger partial charge >= 0.3 is 0 Å². The van der Waals surface area contributed by atoms with E-state index in [1.54, 1.807) is 0 Å². The van der Waals surface area contributed by atoms with Crippen molar-refractivity contribution in [1.82, 2.24) is 14.9 Å². The number of amides is 1. The second-order valence-electron chi connectivity index (χ2n) is 8.25. The van der Waals surface area contributed by atoms with E-state index < -0.39 is 0 Å². The molecule has 4 heteroatoms. The molecule has 1 atom stereocenters. The molecule has 164 valence electrons. The van der Waals surface area contributed by atoms with E-state index in [9.17, 15) is 4.79 Å². The summed E-state index contributed by atoms with van der Waals surface area (Å²) in [6, 6.07) is 27.8. The fourth-order valence-electron chi connectivity index (χ4n) is 4.18. The number of para-hydroxylation sites is 2. The average molecular weight is 426 g/mol. The van der Waals surface area contributed by atoms with Gasteiger partial charge in [0.1, 0.15) is 5.82 Å². The van der Waals surface area contributed by atoms with Gasteiger partial charge in [0.2, 0.25) is 0 Å². The van der Waals surface area contributed by atoms with Crippen LogP contribution in [0.4, 0.5) is 0 Å². The first kappa shape index (κ1) is 21.8. The van der Waals surface area contributed by atoms with Crippen LogP contribution in [0.1, 0.15) is 60.4 Å². The van der Waals surface area contributed by atoms with Crippen LogP contribution >= 0.6 is 0 Å². The zero-order chi connectivity index (χ0) is 22.2. The van der Waals surface area contributed by atoms with E-state index in [-0.39, 0.29) is 11.9 Å². The van der Waals surface area contributed by atoms with Crippen LogP contribution in [0.3, 0.4) is 0 Å². The molecule has 1 heterocycles. The van der Waals surface area contributed by atoms with Crippen molar-refractivity contribution < 1.29 is 4.79 Å². The maximum Gasteiger partial charge on any atom is 0.251 e. The Hall–Kier alpha value is -3.40. The third-order valence-electron chi connectivity index (χ3n) is 5.85. The number of hydrogen-bond acceptors (Lipinski definition) is 2. The van der Waals surface area contributed by atoms with E-state index in [1.807, 2.05) is 54.6 Å². The highest BCUT2D eigenvalue weighted by Crippen LogP contribution is 2.25. The van der Waals surface area contributed by atoms with Crippen LogP contribution in [0.15, 0.2) is 84.9 Å². The van der Waals surface area contributed by atoms with Gasteiger partial charge in [0.15, 0.2) is 0 Å². The predicted octanol–water partition coefficient (Wildman–Crippen LogP) is 6.33. The summed E-state index contributed by atoms with van der Waals surface area (Å²) in [7, 11) is 0. The summed E-state index contributed by atoms with van der Waals surface area (Å²) in [5, 5.41) is 3.28. The van der Waals surface area contributed by atoms with Crippen LogP contribution in [0, 0.1) is 0 Å². The van der Waals surface area contributed by atoms with Crippen molar-refractivity contribution in [2.75, 3.05) is 0 Å². The Labute approximate surface area is 190 Å². The first-order valence-electron chi connectivity index (χ1n) is 11.6. The van der Waals surface area contributed by atoms with Crippen LogP contribution in [0.2, 0.25) is 0 Å². The van der Waals surface area contributed by atoms with Crippen LogP contribution in [-0.4, -0.2) is 15.5 Å². The molecular formula is C28H31N3O. The highest BCUT2D eigenvalue weighted by molar-refractivity contribution is 5.94. The second kappa shape index (κ2) is 10.8. The molecule has 0 unspecified atom stereocenters. The number of aryl methyl sites for hydroxylation is 1. The first-order chi connectivity index (χ1) is 15.8. The molecule has 4 nitrogen and oxygen atoms in total. The summed E-state index contributed by atoms with van der Waals surface area (Å²) in [6.45, 7) is 3.13. The highest BCUT2D eigenvalue weighted by atomic mass is 16.1. The van der Waals surface area contributed by atoms with Crippen molar-refractivity contribution in [2.24, 2.45) is 0 Å². The van der Waals surface area contributed by atoms with Gasteiger partial charge in [0.25, 0.3) is 5.91 Å². The van der Waals surface area contributed by atoms with Gasteiger partial charge in [-0.25, -0.2) is 4.98 Å². The molecule has 1 aromatic heterocycles. The molecule has 0 radical (unpaired) electrons. The Morgan fingerprint density at radius 1 is 0.875 bits per heavy atom. The van der Waals surface area contributed by atoms with Crippen molar-refractivity contribution in [2.45, 2.75) is 51.6 Å². The smallest absolute Gasteiger partial charge is 0.251 e. The van der Waals surface area contributed by atoms with Crippen molar-refractivity contribution in [1.29, 1.82) is 0 Å². The van der Waals surface area contributed by atoms with Gasteiger partial charge in [0.05, 0.1) is 17.1 Å². The maximum absolute atomic E-state index is 13.1. The molecule has 1 N–H and O–H groups in total. The Bertz CT molecular complexity index is 1140. The molecule has 3 aromatic carbocycles. The van der Waals surface area contributed by atoms with E-state index >= 15 is 0 Å². The van der Waals surface area contributed by atoms with E-state index in [1.165, 1.54) is 24.8 Å². The number of nitrogens with zero attached hydrogens (tertiary/aromatic N) is 2. The number of carbonyl (C=O) groups is 1. The number of aromatic nitrogens is 2. The summed E-state index contributed by atoms with van der Waals surface area (Å²) in [5.41, 5.74) is 3.95. The zero-order valence-corrected chi connectivity index (χ0v) is 18.7. The number of nitrogens with one attached hydrogen (secondary N) is 1. The molecule has 0 bridgehead atoms. The fourth-order valence-corrected chi connectivity index (χ4v) is 4.18. The third-order valence-corrected chi connectivity index (χ3v) is 5.85. The minimum Gasteiger partial charge on any atom is -0.342 e. The number of carbonyl (C=O) groups excluding carboxylic acids is 1. The molecule has 0 aliphatic heterocycles. The normalized spacial score (nSPS) is 12.0. The predicted molar refractivity (Wildman–Crippen MR) is 131 cm³/mol. The number of unbranched alkanes of at least 4 members (excludes halogenated alkanes) is 3. The topological polar surface area (TPSA) is 46.9 Å². The summed E-state index contributed by atoms with van der Waals surface area (Å²) in [5.74, 6) is 0.854. The quantitative estimate of drug-likeness (QED) is 0.302. The molecule has 0 fully saturated rings. The number of imidazole rings is 1. The van der Waals surface area contributed by atoms with Gasteiger partial charge < -0.3 is 9.88 Å². The molecule has 32 heavy (non-hydrogen) atoms. The van der Waals surface area contributed by atoms with Gasteiger partial charge in [-0.2, -0.15) is 0 Å². The lowest BCUT2D eigenvalue weighted by molar-refractivity contribution is 0.0934. The average Bonchev–Trinajstić information content (AvgIpc) is 3.21. The Morgan fingerprint density at radius 2 is 1.56 bits per heavy atom. The van der Waals surface area contributed by atoms with Crippen LogP contribution in [0.25, 0.3) is 11.0 Å². The minimum atomic E-state index is -0.219. The molecule has 1 amide bonds. The maximum atomic E-state index is 13.1. The minimum absolute atomic E-state index is 0.0730. The van der Waals surface area contributed by atoms with Crippen LogP contribution in [-0.2, 0) is 13.0 Å². The molecular weight excluding hydrogens is 394 g/mol. The van der Waals surface area contributed by atoms with Crippen molar-refractivity contribution in [3.05, 3.63) is 102 Å². The van der Waals surface area contributed by atoms with Crippen molar-refractivity contribution >= 4 is 16.9 Å². The number of rotatable bonds is 10. The standard InChI is InChI=1S/C28H31N3O/c1-2-3-4-13-20-31-26-19-12-11-18-24(26)29-27(31)25(21-22-14-7-5-8-15-22)30-28(32)23-16-9-6-10-17-23/h5-12,14-19,25H,2-4,13,20-21H2,1H3,(H,30,32)/t25-/m0/s1. The SMILES string of the molecule is CCCCCCn1c([C@H](Cc2ccccc2)NC(=O)c2ccccc2)nc2ccccc21. The summed E-state index contributed by atoms with van der Waals surface area (Å²) < 4.78 is 2.31. The molecule has 0 aliphatic rings. The van der Waals surface area contributed by atoms with Gasteiger partial charge in [-0.1, -0.05) is 86.8 Å². The third kappa shape index (κ3) is 5.25. The van der Waals surface area contributed by atoms with Crippen molar-refractivity contribution in [3.8, 4) is 0 Å². The van der Waals surface area contributed by atoms with Crippen LogP contribution < -0.4 is 5.32 Å². The Morgan fingerprint density at radius 3 is 2.31 bits per heavy atom. The highest BCUT2D eigenvalue weighted by Gasteiger charge is 2.23. The lowest BCUT2D eigenvalue weighted by atomic mass is 10.0. The largest absolute Gasteiger partial charge is 0.342 e. The summed E-state index contributed by atoms with van der Waals surface area (Å²) in [4.78, 5) is 18.1.